The Kier molecular flexibility index (Phi) is 6.05. The topological polar surface area (TPSA) is 0 Å². The van der Waals surface area contributed by atoms with Crippen molar-refractivity contribution in [3.05, 3.63) is 12.7 Å². The molecule has 0 rings (SSSR count). The van der Waals surface area contributed by atoms with Crippen molar-refractivity contribution < 1.29 is 0 Å². The van der Waals surface area contributed by atoms with Crippen molar-refractivity contribution in [1.29, 1.82) is 0 Å². The molecule has 0 spiro atoms. The van der Waals surface area contributed by atoms with Crippen LogP contribution in [0.15, 0.2) is 12.7 Å². The third-order valence-electron chi connectivity index (χ3n) is 1.47. The number of hydrogen-bond donors (Lipinski definition) is 0. The maximum absolute atomic E-state index is 3.71. The van der Waals surface area contributed by atoms with Crippen LogP contribution in [-0.2, 0) is 0 Å². The Bertz CT molecular complexity index is 69.0. The molecule has 0 saturated heterocycles. The van der Waals surface area contributed by atoms with Gasteiger partial charge in [0.2, 0.25) is 0 Å². The van der Waals surface area contributed by atoms with Crippen LogP contribution >= 0.6 is 0 Å². The van der Waals surface area contributed by atoms with E-state index in [0.717, 1.165) is 5.54 Å². The molecule has 53 valence electrons. The van der Waals surface area contributed by atoms with E-state index in [1.54, 1.807) is 0 Å². The minimum atomic E-state index is 0.877. The van der Waals surface area contributed by atoms with Crippen LogP contribution in [-0.4, -0.2) is 10.2 Å². The fourth-order valence-electron chi connectivity index (χ4n) is 0.846. The van der Waals surface area contributed by atoms with E-state index in [1.165, 1.54) is 25.7 Å². The fourth-order valence-corrected chi connectivity index (χ4v) is 1.37. The van der Waals surface area contributed by atoms with Gasteiger partial charge in [0.15, 0.2) is 0 Å². The van der Waals surface area contributed by atoms with Crippen molar-refractivity contribution in [2.45, 2.75) is 38.1 Å². The van der Waals surface area contributed by atoms with Crippen LogP contribution < -0.4 is 0 Å². The maximum atomic E-state index is 3.71. The Morgan fingerprint density at radius 3 is 2.78 bits per heavy atom. The van der Waals surface area contributed by atoms with Crippen LogP contribution in [0.3, 0.4) is 0 Å². The van der Waals surface area contributed by atoms with Crippen molar-refractivity contribution in [3.63, 3.8) is 0 Å². The average Bonchev–Trinajstić information content (AvgIpc) is 1.85. The molecule has 0 aromatic heterocycles. The maximum Gasteiger partial charge on any atom is 0.0125 e. The molecule has 1 heteroatoms. The molecule has 0 fully saturated rings. The number of allylic oxidation sites excluding steroid dienone is 1. The van der Waals surface area contributed by atoms with E-state index in [2.05, 4.69) is 23.7 Å². The molecular formula is C8H17Si. The summed E-state index contributed by atoms with van der Waals surface area (Å²) in [5.41, 5.74) is 0.877. The zero-order chi connectivity index (χ0) is 7.11. The van der Waals surface area contributed by atoms with Crippen molar-refractivity contribution in [2.75, 3.05) is 0 Å². The second-order valence-electron chi connectivity index (χ2n) is 2.53. The van der Waals surface area contributed by atoms with Gasteiger partial charge in [-0.2, -0.15) is 0 Å². The van der Waals surface area contributed by atoms with Crippen molar-refractivity contribution in [3.8, 4) is 0 Å². The van der Waals surface area contributed by atoms with E-state index in [4.69, 9.17) is 0 Å². The molecule has 1 atom stereocenters. The molecule has 0 amide bonds. The molecule has 9 heavy (non-hydrogen) atoms. The third-order valence-corrected chi connectivity index (χ3v) is 2.21. The Labute approximate surface area is 61.8 Å². The van der Waals surface area contributed by atoms with Crippen LogP contribution in [0, 0.1) is 0 Å². The van der Waals surface area contributed by atoms with Crippen LogP contribution in [0.4, 0.5) is 0 Å². The lowest BCUT2D eigenvalue weighted by Crippen LogP contribution is -1.89. The molecule has 1 unspecified atom stereocenters. The lowest BCUT2D eigenvalue weighted by atomic mass is 10.1. The molecular weight excluding hydrogens is 124 g/mol. The second-order valence-corrected chi connectivity index (χ2v) is 3.69. The Morgan fingerprint density at radius 1 is 1.67 bits per heavy atom. The summed E-state index contributed by atoms with van der Waals surface area (Å²) in [4.78, 5) is 0. The first-order valence-electron chi connectivity index (χ1n) is 3.75. The normalized spacial score (nSPS) is 13.1. The highest BCUT2D eigenvalue weighted by molar-refractivity contribution is 6.11. The molecule has 0 aliphatic carbocycles. The highest BCUT2D eigenvalue weighted by Gasteiger charge is 1.96. The molecule has 0 N–H and O–H groups in total. The van der Waals surface area contributed by atoms with Gasteiger partial charge in [-0.15, -0.1) is 6.58 Å². The second kappa shape index (κ2) is 6.08. The molecule has 0 heterocycles. The zero-order valence-corrected chi connectivity index (χ0v) is 7.81. The lowest BCUT2D eigenvalue weighted by molar-refractivity contribution is 0.673. The van der Waals surface area contributed by atoms with E-state index < -0.39 is 0 Å². The zero-order valence-electron chi connectivity index (χ0n) is 6.40. The number of hydrogen-bond acceptors (Lipinski definition) is 0. The van der Waals surface area contributed by atoms with Gasteiger partial charge < -0.3 is 0 Å². The molecule has 0 bridgehead atoms. The molecule has 0 aliphatic heterocycles. The summed E-state index contributed by atoms with van der Waals surface area (Å²) in [7, 11) is 2.10. The van der Waals surface area contributed by atoms with Gasteiger partial charge in [0.05, 0.1) is 0 Å². The van der Waals surface area contributed by atoms with Crippen molar-refractivity contribution in [1.82, 2.24) is 0 Å². The molecule has 0 nitrogen and oxygen atoms in total. The Morgan fingerprint density at radius 2 is 2.33 bits per heavy atom. The van der Waals surface area contributed by atoms with E-state index in [9.17, 15) is 0 Å². The molecule has 0 aromatic carbocycles. The van der Waals surface area contributed by atoms with E-state index in [0.29, 0.717) is 0 Å². The van der Waals surface area contributed by atoms with Gasteiger partial charge in [0.25, 0.3) is 0 Å². The SMILES string of the molecule is C=CCC([SiH2])CCCC. The van der Waals surface area contributed by atoms with Gasteiger partial charge in [-0.3, -0.25) is 0 Å². The van der Waals surface area contributed by atoms with Crippen LogP contribution in [0.2, 0.25) is 5.54 Å². The summed E-state index contributed by atoms with van der Waals surface area (Å²) in [5, 5.41) is 0. The molecule has 0 saturated carbocycles. The summed E-state index contributed by atoms with van der Waals surface area (Å²) >= 11 is 0. The first-order valence-corrected chi connectivity index (χ1v) is 4.56. The minimum Gasteiger partial charge on any atom is -0.103 e. The van der Waals surface area contributed by atoms with Gasteiger partial charge in [-0.25, -0.2) is 0 Å². The van der Waals surface area contributed by atoms with Crippen molar-refractivity contribution in [2.24, 2.45) is 0 Å². The first-order chi connectivity index (χ1) is 4.31. The molecule has 1 radical (unpaired) electrons. The average molecular weight is 141 g/mol. The first kappa shape index (κ1) is 8.96. The predicted molar refractivity (Wildman–Crippen MR) is 46.6 cm³/mol. The fraction of sp³-hybridized carbons (Fsp3) is 0.750. The summed E-state index contributed by atoms with van der Waals surface area (Å²) < 4.78 is 0. The van der Waals surface area contributed by atoms with Gasteiger partial charge >= 0.3 is 0 Å². The Hall–Kier alpha value is -0.0431. The summed E-state index contributed by atoms with van der Waals surface area (Å²) in [6.45, 7) is 5.95. The Balaban J connectivity index is 3.04. The summed E-state index contributed by atoms with van der Waals surface area (Å²) in [6, 6.07) is 0. The summed E-state index contributed by atoms with van der Waals surface area (Å²) in [5.74, 6) is 0. The van der Waals surface area contributed by atoms with E-state index >= 15 is 0 Å². The van der Waals surface area contributed by atoms with Gasteiger partial charge in [-0.1, -0.05) is 37.8 Å². The van der Waals surface area contributed by atoms with E-state index in [-0.39, 0.29) is 0 Å². The van der Waals surface area contributed by atoms with Gasteiger partial charge in [-0.05, 0) is 6.42 Å². The molecule has 0 aromatic rings. The van der Waals surface area contributed by atoms with Gasteiger partial charge in [0.1, 0.15) is 0 Å². The highest BCUT2D eigenvalue weighted by atomic mass is 28.1. The lowest BCUT2D eigenvalue weighted by Gasteiger charge is -2.05. The quantitative estimate of drug-likeness (QED) is 0.406. The highest BCUT2D eigenvalue weighted by Crippen LogP contribution is 2.14. The third kappa shape index (κ3) is 5.83. The van der Waals surface area contributed by atoms with E-state index in [1.807, 2.05) is 6.08 Å². The largest absolute Gasteiger partial charge is 0.103 e. The van der Waals surface area contributed by atoms with Crippen LogP contribution in [0.5, 0.6) is 0 Å². The van der Waals surface area contributed by atoms with Crippen LogP contribution in [0.25, 0.3) is 0 Å². The smallest absolute Gasteiger partial charge is 0.0125 e. The number of unbranched alkanes of at least 4 members (excludes halogenated alkanes) is 1. The predicted octanol–water partition coefficient (Wildman–Crippen LogP) is 2.17. The molecule has 0 aliphatic rings. The summed E-state index contributed by atoms with van der Waals surface area (Å²) in [6.07, 6.45) is 7.29. The van der Waals surface area contributed by atoms with Gasteiger partial charge in [0, 0.05) is 10.2 Å². The van der Waals surface area contributed by atoms with Crippen molar-refractivity contribution >= 4 is 10.2 Å². The monoisotopic (exact) mass is 141 g/mol. The minimum absolute atomic E-state index is 0.877. The standard InChI is InChI=1S/C8H17Si/c1-3-5-7-8(9)6-4-2/h4,8H,2-3,5-7,9H2,1H3. The van der Waals surface area contributed by atoms with Crippen LogP contribution in [0.1, 0.15) is 32.6 Å². The number of rotatable bonds is 5.